The van der Waals surface area contributed by atoms with Crippen LogP contribution in [0.3, 0.4) is 0 Å². The van der Waals surface area contributed by atoms with Gasteiger partial charge in [0, 0.05) is 12.5 Å². The molecule has 0 bridgehead atoms. The lowest BCUT2D eigenvalue weighted by molar-refractivity contribution is -0.394. The van der Waals surface area contributed by atoms with Crippen LogP contribution in [-0.4, -0.2) is 176 Å². The Hall–Kier alpha value is -0.940. The number of aliphatic hydroxyl groups excluding tert-OH is 9. The van der Waals surface area contributed by atoms with Crippen molar-refractivity contribution >= 4 is 0 Å². The first-order valence-corrected chi connectivity index (χ1v) is 23.5. The van der Waals surface area contributed by atoms with E-state index in [1.807, 2.05) is 0 Å². The molecule has 1 spiro atoms. The van der Waals surface area contributed by atoms with E-state index in [0.29, 0.717) is 48.3 Å². The number of piperidine rings is 1. The van der Waals surface area contributed by atoms with Crippen LogP contribution in [0.5, 0.6) is 0 Å². The smallest absolute Gasteiger partial charge is 0.187 e. The molecule has 0 aromatic rings. The Morgan fingerprint density at radius 1 is 0.694 bits per heavy atom. The van der Waals surface area contributed by atoms with Gasteiger partial charge in [-0.1, -0.05) is 39.3 Å². The average Bonchev–Trinajstić information content (AvgIpc) is 3.70. The number of fused-ring (bicyclic) bond motifs is 7. The molecule has 354 valence electrons. The Bertz CT molecular complexity index is 1610. The molecule has 0 aromatic carbocycles. The molecule has 9 rings (SSSR count). The molecule has 17 heteroatoms. The highest BCUT2D eigenvalue weighted by atomic mass is 16.8. The zero-order valence-corrected chi connectivity index (χ0v) is 36.7. The van der Waals surface area contributed by atoms with Gasteiger partial charge < -0.3 is 79.1 Å². The van der Waals surface area contributed by atoms with Gasteiger partial charge >= 0.3 is 0 Å². The van der Waals surface area contributed by atoms with Crippen molar-refractivity contribution in [2.24, 2.45) is 46.3 Å². The normalized spacial score (nSPS) is 57.6. The van der Waals surface area contributed by atoms with Crippen molar-refractivity contribution in [1.29, 1.82) is 0 Å². The van der Waals surface area contributed by atoms with E-state index >= 15 is 0 Å². The van der Waals surface area contributed by atoms with E-state index in [1.54, 1.807) is 0 Å². The lowest BCUT2D eigenvalue weighted by atomic mass is 9.47. The molecule has 26 atom stereocenters. The van der Waals surface area contributed by atoms with Crippen LogP contribution in [0.4, 0.5) is 0 Å². The van der Waals surface area contributed by atoms with Crippen molar-refractivity contribution in [3.8, 4) is 0 Å². The van der Waals surface area contributed by atoms with E-state index < -0.39 is 111 Å². The first-order valence-electron chi connectivity index (χ1n) is 23.5. The van der Waals surface area contributed by atoms with Gasteiger partial charge in [-0.05, 0) is 105 Å². The van der Waals surface area contributed by atoms with Crippen molar-refractivity contribution in [1.82, 2.24) is 5.32 Å². The molecule has 0 amide bonds. The molecular formula is C45H73NO16. The molecule has 10 N–H and O–H groups in total. The summed E-state index contributed by atoms with van der Waals surface area (Å²) in [5.74, 6) is 3.32. The van der Waals surface area contributed by atoms with E-state index in [2.05, 4.69) is 39.1 Å². The highest BCUT2D eigenvalue weighted by Gasteiger charge is 2.68. The van der Waals surface area contributed by atoms with Crippen molar-refractivity contribution in [3.05, 3.63) is 11.6 Å². The summed E-state index contributed by atoms with van der Waals surface area (Å²) in [6.45, 7) is 10.8. The summed E-state index contributed by atoms with van der Waals surface area (Å²) in [6, 6.07) is 0. The molecule has 5 aliphatic heterocycles. The van der Waals surface area contributed by atoms with Gasteiger partial charge in [-0.3, -0.25) is 5.32 Å². The van der Waals surface area contributed by atoms with Gasteiger partial charge in [0.25, 0.3) is 0 Å². The molecule has 0 unspecified atom stereocenters. The van der Waals surface area contributed by atoms with Crippen molar-refractivity contribution in [3.63, 3.8) is 0 Å². The predicted octanol–water partition coefficient (Wildman–Crippen LogP) is -0.213. The van der Waals surface area contributed by atoms with Crippen LogP contribution in [-0.2, 0) is 33.2 Å². The number of hydrogen-bond acceptors (Lipinski definition) is 17. The second kappa shape index (κ2) is 17.3. The fourth-order valence-electron chi connectivity index (χ4n) is 14.2. The standard InChI is InChI=1S/C45H73NO16/c1-19-8-13-45(46-16-19)20(2)30-27(62-45)15-26-24-7-6-22-14-23(9-11-43(22,4)25(24)10-12-44(26,30)5)57-42-39(61-40-36(54)34(52)31(49)21(3)56-40)38(33(51)29(18-48)59-42)60-41-37(55)35(53)32(50)28(17-47)58-41/h6,19-21,23-42,46-55H,7-18H2,1-5H3/t19-,20+,21+,23+,24+,25-,26-,27+,28-,29-,30+,31+,32-,33+,34-,35+,36-,37-,38+,39-,40+,41+,42-,43+,44+,45-/m1/s1. The lowest BCUT2D eigenvalue weighted by Crippen LogP contribution is -2.67. The summed E-state index contributed by atoms with van der Waals surface area (Å²) in [5, 5.41) is 99.7. The van der Waals surface area contributed by atoms with Crippen molar-refractivity contribution in [2.75, 3.05) is 19.8 Å². The fourth-order valence-corrected chi connectivity index (χ4v) is 14.2. The Labute approximate surface area is 364 Å². The molecule has 62 heavy (non-hydrogen) atoms. The quantitative estimate of drug-likeness (QED) is 0.142. The van der Waals surface area contributed by atoms with Crippen LogP contribution in [0.2, 0.25) is 0 Å². The van der Waals surface area contributed by atoms with E-state index in [0.717, 1.165) is 38.6 Å². The van der Waals surface area contributed by atoms with Crippen LogP contribution >= 0.6 is 0 Å². The van der Waals surface area contributed by atoms with Gasteiger partial charge in [0.1, 0.15) is 72.9 Å². The Morgan fingerprint density at radius 2 is 1.35 bits per heavy atom. The third-order valence-electron chi connectivity index (χ3n) is 17.9. The van der Waals surface area contributed by atoms with Crippen LogP contribution < -0.4 is 5.32 Å². The second-order valence-electron chi connectivity index (χ2n) is 21.2. The number of ether oxygens (including phenoxy) is 7. The highest BCUT2D eigenvalue weighted by Crippen LogP contribution is 2.70. The maximum atomic E-state index is 11.6. The molecular weight excluding hydrogens is 810 g/mol. The molecule has 17 nitrogen and oxygen atoms in total. The Kier molecular flexibility index (Phi) is 12.9. The number of allylic oxidation sites excluding steroid dienone is 1. The van der Waals surface area contributed by atoms with E-state index in [1.165, 1.54) is 25.3 Å². The molecule has 4 aliphatic carbocycles. The first kappa shape index (κ1) is 46.2. The minimum Gasteiger partial charge on any atom is -0.394 e. The van der Waals surface area contributed by atoms with Gasteiger partial charge in [0.15, 0.2) is 18.9 Å². The Balaban J connectivity index is 0.940. The summed E-state index contributed by atoms with van der Waals surface area (Å²) in [6.07, 6.45) is -11.9. The molecule has 5 saturated heterocycles. The number of rotatable bonds is 8. The van der Waals surface area contributed by atoms with Crippen LogP contribution in [0, 0.1) is 46.3 Å². The number of hydrogen-bond donors (Lipinski definition) is 10. The molecule has 3 saturated carbocycles. The summed E-state index contributed by atoms with van der Waals surface area (Å²) in [4.78, 5) is 0. The second-order valence-corrected chi connectivity index (χ2v) is 21.2. The summed E-state index contributed by atoms with van der Waals surface area (Å²) in [7, 11) is 0. The monoisotopic (exact) mass is 883 g/mol. The summed E-state index contributed by atoms with van der Waals surface area (Å²) >= 11 is 0. The third kappa shape index (κ3) is 7.49. The van der Waals surface area contributed by atoms with E-state index in [4.69, 9.17) is 33.2 Å². The highest BCUT2D eigenvalue weighted by molar-refractivity contribution is 5.26. The van der Waals surface area contributed by atoms with Crippen LogP contribution in [0.15, 0.2) is 11.6 Å². The van der Waals surface area contributed by atoms with Gasteiger partial charge in [-0.25, -0.2) is 0 Å². The van der Waals surface area contributed by atoms with Crippen molar-refractivity contribution < 1.29 is 79.1 Å². The topological polar surface area (TPSA) is 259 Å². The number of aliphatic hydroxyl groups is 9. The summed E-state index contributed by atoms with van der Waals surface area (Å²) in [5.41, 5.74) is 1.32. The van der Waals surface area contributed by atoms with Crippen LogP contribution in [0.1, 0.15) is 92.4 Å². The Morgan fingerprint density at radius 3 is 2.05 bits per heavy atom. The van der Waals surface area contributed by atoms with Gasteiger partial charge in [-0.15, -0.1) is 0 Å². The zero-order chi connectivity index (χ0) is 44.2. The van der Waals surface area contributed by atoms with E-state index in [-0.39, 0.29) is 22.7 Å². The van der Waals surface area contributed by atoms with Gasteiger partial charge in [0.05, 0.1) is 31.5 Å². The SMILES string of the molecule is C[C@@H]1CC[C@@]2(NC1)O[C@H]1C[C@@H]3[C@H]4CC=C5C[C@@H](O[C@@H]6O[C@H](CO)[C@H](O)[C@H](O[C@@H]7O[C@H](CO)[C@@H](O)[C@H](O)[C@H]7O)[C@H]6O[C@@H]6O[C@@H](C)[C@H](O)[C@@H](O)[C@H]6O)CC[C@]5(C)[C@@H]4CC[C@]3(C)[C@H]1[C@@H]2C. The maximum absolute atomic E-state index is 11.6. The zero-order valence-electron chi connectivity index (χ0n) is 36.7. The molecule has 9 aliphatic rings. The van der Waals surface area contributed by atoms with E-state index in [9.17, 15) is 46.0 Å². The summed E-state index contributed by atoms with van der Waals surface area (Å²) < 4.78 is 43.9. The van der Waals surface area contributed by atoms with Crippen LogP contribution in [0.25, 0.3) is 0 Å². The fraction of sp³-hybridized carbons (Fsp3) is 0.956. The predicted molar refractivity (Wildman–Crippen MR) is 216 cm³/mol. The largest absolute Gasteiger partial charge is 0.394 e. The van der Waals surface area contributed by atoms with Gasteiger partial charge in [-0.2, -0.15) is 0 Å². The molecule has 5 heterocycles. The number of nitrogens with one attached hydrogen (secondary N) is 1. The molecule has 0 radical (unpaired) electrons. The lowest BCUT2D eigenvalue weighted by Gasteiger charge is -2.59. The molecule has 8 fully saturated rings. The molecule has 0 aromatic heterocycles. The van der Waals surface area contributed by atoms with Crippen molar-refractivity contribution in [2.45, 2.75) is 202 Å². The van der Waals surface area contributed by atoms with Gasteiger partial charge in [0.2, 0.25) is 0 Å². The minimum atomic E-state index is -1.84. The average molecular weight is 884 g/mol. The third-order valence-corrected chi connectivity index (χ3v) is 17.9. The minimum absolute atomic E-state index is 0.0361. The maximum Gasteiger partial charge on any atom is 0.187 e. The first-order chi connectivity index (χ1) is 29.4.